The molecule has 2 unspecified atom stereocenters. The first-order valence-corrected chi connectivity index (χ1v) is 5.18. The first kappa shape index (κ1) is 11.5. The van der Waals surface area contributed by atoms with Gasteiger partial charge in [-0.25, -0.2) is 0 Å². The largest absolute Gasteiger partial charge is 0.391 e. The van der Waals surface area contributed by atoms with Crippen LogP contribution in [0.1, 0.15) is 20.3 Å². The molecule has 4 nitrogen and oxygen atoms in total. The molecule has 0 aromatic carbocycles. The van der Waals surface area contributed by atoms with Crippen LogP contribution in [0.15, 0.2) is 0 Å². The lowest BCUT2D eigenvalue weighted by Crippen LogP contribution is -2.47. The second-order valence-electron chi connectivity index (χ2n) is 3.81. The van der Waals surface area contributed by atoms with Crippen LogP contribution in [0.4, 0.5) is 0 Å². The third-order valence-corrected chi connectivity index (χ3v) is 2.70. The van der Waals surface area contributed by atoms with E-state index in [1.165, 1.54) is 0 Å². The van der Waals surface area contributed by atoms with E-state index >= 15 is 0 Å². The fraction of sp³-hybridized carbons (Fsp3) is 0.900. The molecule has 0 aromatic heterocycles. The number of ether oxygens (including phenoxy) is 1. The molecule has 0 bridgehead atoms. The first-order valence-electron chi connectivity index (χ1n) is 5.18. The number of hydrogen-bond donors (Lipinski definition) is 1. The van der Waals surface area contributed by atoms with Gasteiger partial charge in [-0.1, -0.05) is 6.92 Å². The number of β-amino-alcohol motifs (C(OH)–C–C–N with tert-alkyl or cyclic N) is 1. The van der Waals surface area contributed by atoms with Gasteiger partial charge in [-0.2, -0.15) is 0 Å². The van der Waals surface area contributed by atoms with Crippen LogP contribution in [0.3, 0.4) is 0 Å². The molecular weight excluding hydrogens is 182 g/mol. The minimum atomic E-state index is -0.380. The predicted octanol–water partition coefficient (Wildman–Crippen LogP) is 0.252. The van der Waals surface area contributed by atoms with Gasteiger partial charge in [-0.15, -0.1) is 0 Å². The number of carbonyl (C=O) groups is 1. The summed E-state index contributed by atoms with van der Waals surface area (Å²) < 4.78 is 5.04. The Morgan fingerprint density at radius 3 is 2.93 bits per heavy atom. The van der Waals surface area contributed by atoms with Crippen LogP contribution in [0.2, 0.25) is 0 Å². The summed E-state index contributed by atoms with van der Waals surface area (Å²) in [6.45, 7) is 5.75. The van der Waals surface area contributed by atoms with Gasteiger partial charge in [0.15, 0.2) is 0 Å². The van der Waals surface area contributed by atoms with E-state index in [1.54, 1.807) is 4.90 Å². The molecule has 1 rings (SSSR count). The molecule has 0 aliphatic carbocycles. The molecule has 0 radical (unpaired) electrons. The molecule has 4 heteroatoms. The first-order chi connectivity index (χ1) is 6.65. The van der Waals surface area contributed by atoms with Gasteiger partial charge in [-0.3, -0.25) is 4.79 Å². The van der Waals surface area contributed by atoms with E-state index in [2.05, 4.69) is 0 Å². The van der Waals surface area contributed by atoms with Gasteiger partial charge in [0.25, 0.3) is 0 Å². The van der Waals surface area contributed by atoms with Crippen LogP contribution < -0.4 is 0 Å². The van der Waals surface area contributed by atoms with Crippen molar-refractivity contribution in [1.82, 2.24) is 4.90 Å². The minimum absolute atomic E-state index is 0.0159. The van der Waals surface area contributed by atoms with Crippen molar-refractivity contribution in [2.75, 3.05) is 26.3 Å². The number of rotatable bonds is 3. The summed E-state index contributed by atoms with van der Waals surface area (Å²) in [4.78, 5) is 13.2. The molecule has 1 fully saturated rings. The minimum Gasteiger partial charge on any atom is -0.391 e. The second kappa shape index (κ2) is 5.32. The maximum Gasteiger partial charge on any atom is 0.248 e. The smallest absolute Gasteiger partial charge is 0.248 e. The molecule has 0 aromatic rings. The molecule has 14 heavy (non-hydrogen) atoms. The summed E-state index contributed by atoms with van der Waals surface area (Å²) in [5.74, 6) is 0.281. The van der Waals surface area contributed by atoms with E-state index in [0.29, 0.717) is 19.1 Å². The Hall–Kier alpha value is -0.610. The van der Waals surface area contributed by atoms with Crippen molar-refractivity contribution in [3.05, 3.63) is 0 Å². The average Bonchev–Trinajstić information content (AvgIpc) is 2.18. The molecule has 0 spiro atoms. The summed E-state index contributed by atoms with van der Waals surface area (Å²) in [5.41, 5.74) is 0. The van der Waals surface area contributed by atoms with Crippen molar-refractivity contribution in [3.63, 3.8) is 0 Å². The Kier molecular flexibility index (Phi) is 4.35. The van der Waals surface area contributed by atoms with E-state index in [9.17, 15) is 9.90 Å². The predicted molar refractivity (Wildman–Crippen MR) is 52.9 cm³/mol. The quantitative estimate of drug-likeness (QED) is 0.712. The fourth-order valence-electron chi connectivity index (χ4n) is 1.56. The van der Waals surface area contributed by atoms with Gasteiger partial charge >= 0.3 is 0 Å². The van der Waals surface area contributed by atoms with Crippen LogP contribution >= 0.6 is 0 Å². The molecule has 1 aliphatic rings. The van der Waals surface area contributed by atoms with Gasteiger partial charge in [0.05, 0.1) is 6.10 Å². The normalized spacial score (nSPS) is 27.8. The Morgan fingerprint density at radius 2 is 2.36 bits per heavy atom. The molecule has 0 saturated carbocycles. The molecule has 1 heterocycles. The summed E-state index contributed by atoms with van der Waals surface area (Å²) in [6.07, 6.45) is 0.494. The SMILES string of the molecule is CCOCC(=O)N1CCC(C)C(O)C1. The zero-order chi connectivity index (χ0) is 10.6. The molecular formula is C10H19NO3. The Balaban J connectivity index is 2.34. The standard InChI is InChI=1S/C10H19NO3/c1-3-14-7-10(13)11-5-4-8(2)9(12)6-11/h8-9,12H,3-7H2,1-2H3. The number of aliphatic hydroxyl groups is 1. The number of hydrogen-bond acceptors (Lipinski definition) is 3. The molecule has 1 N–H and O–H groups in total. The zero-order valence-electron chi connectivity index (χ0n) is 8.90. The third-order valence-electron chi connectivity index (χ3n) is 2.70. The highest BCUT2D eigenvalue weighted by atomic mass is 16.5. The number of likely N-dealkylation sites (tertiary alicyclic amines) is 1. The van der Waals surface area contributed by atoms with Gasteiger partial charge in [0.2, 0.25) is 5.91 Å². The van der Waals surface area contributed by atoms with E-state index in [-0.39, 0.29) is 18.6 Å². The Bertz CT molecular complexity index is 196. The summed E-state index contributed by atoms with van der Waals surface area (Å²) in [7, 11) is 0. The molecule has 2 atom stereocenters. The highest BCUT2D eigenvalue weighted by Gasteiger charge is 2.26. The lowest BCUT2D eigenvalue weighted by Gasteiger charge is -2.34. The second-order valence-corrected chi connectivity index (χ2v) is 3.81. The van der Waals surface area contributed by atoms with Crippen LogP contribution in [-0.4, -0.2) is 48.3 Å². The topological polar surface area (TPSA) is 49.8 Å². The molecule has 82 valence electrons. The van der Waals surface area contributed by atoms with Crippen molar-refractivity contribution in [1.29, 1.82) is 0 Å². The van der Waals surface area contributed by atoms with Crippen LogP contribution in [0.5, 0.6) is 0 Å². The van der Waals surface area contributed by atoms with Gasteiger partial charge in [0, 0.05) is 19.7 Å². The maximum absolute atomic E-state index is 11.5. The van der Waals surface area contributed by atoms with Crippen molar-refractivity contribution in [2.45, 2.75) is 26.4 Å². The lowest BCUT2D eigenvalue weighted by molar-refractivity contribution is -0.140. The number of aliphatic hydroxyl groups excluding tert-OH is 1. The fourth-order valence-corrected chi connectivity index (χ4v) is 1.56. The van der Waals surface area contributed by atoms with Crippen molar-refractivity contribution in [2.24, 2.45) is 5.92 Å². The van der Waals surface area contributed by atoms with Crippen molar-refractivity contribution in [3.8, 4) is 0 Å². The van der Waals surface area contributed by atoms with Crippen LogP contribution in [0.25, 0.3) is 0 Å². The van der Waals surface area contributed by atoms with Crippen LogP contribution in [0, 0.1) is 5.92 Å². The van der Waals surface area contributed by atoms with Gasteiger partial charge in [0.1, 0.15) is 6.61 Å². The summed E-state index contributed by atoms with van der Waals surface area (Å²) in [6, 6.07) is 0. The maximum atomic E-state index is 11.5. The summed E-state index contributed by atoms with van der Waals surface area (Å²) >= 11 is 0. The highest BCUT2D eigenvalue weighted by Crippen LogP contribution is 2.16. The number of piperidine rings is 1. The van der Waals surface area contributed by atoms with Crippen molar-refractivity contribution >= 4 is 5.91 Å². The van der Waals surface area contributed by atoms with E-state index < -0.39 is 0 Å². The molecule has 1 aliphatic heterocycles. The van der Waals surface area contributed by atoms with Crippen LogP contribution in [-0.2, 0) is 9.53 Å². The van der Waals surface area contributed by atoms with E-state index in [0.717, 1.165) is 13.0 Å². The average molecular weight is 201 g/mol. The summed E-state index contributed by atoms with van der Waals surface area (Å²) in [5, 5.41) is 9.59. The van der Waals surface area contributed by atoms with E-state index in [4.69, 9.17) is 4.74 Å². The van der Waals surface area contributed by atoms with Gasteiger partial charge in [-0.05, 0) is 19.3 Å². The number of amides is 1. The third kappa shape index (κ3) is 2.96. The highest BCUT2D eigenvalue weighted by molar-refractivity contribution is 5.77. The molecule has 1 amide bonds. The Morgan fingerprint density at radius 1 is 1.64 bits per heavy atom. The van der Waals surface area contributed by atoms with E-state index in [1.807, 2.05) is 13.8 Å². The lowest BCUT2D eigenvalue weighted by atomic mass is 9.96. The molecule has 1 saturated heterocycles. The Labute approximate surface area is 84.8 Å². The monoisotopic (exact) mass is 201 g/mol. The number of nitrogens with zero attached hydrogens (tertiary/aromatic N) is 1. The zero-order valence-corrected chi connectivity index (χ0v) is 8.90. The van der Waals surface area contributed by atoms with Crippen molar-refractivity contribution < 1.29 is 14.6 Å². The number of carbonyl (C=O) groups excluding carboxylic acids is 1. The van der Waals surface area contributed by atoms with Gasteiger partial charge < -0.3 is 14.7 Å².